The Morgan fingerprint density at radius 2 is 1.94 bits per heavy atom. The number of nitrogens with one attached hydrogen (secondary N) is 1. The molecule has 1 amide bonds. The van der Waals surface area contributed by atoms with Crippen molar-refractivity contribution >= 4 is 17.3 Å². The van der Waals surface area contributed by atoms with Crippen molar-refractivity contribution in [2.24, 2.45) is 5.92 Å². The molecule has 1 aliphatic heterocycles. The fourth-order valence-corrected chi connectivity index (χ4v) is 2.26. The summed E-state index contributed by atoms with van der Waals surface area (Å²) in [7, 11) is 0. The van der Waals surface area contributed by atoms with Crippen LogP contribution in [-0.4, -0.2) is 18.0 Å². The zero-order valence-electron chi connectivity index (χ0n) is 11.7. The first kappa shape index (κ1) is 12.9. The van der Waals surface area contributed by atoms with Crippen molar-refractivity contribution < 1.29 is 4.79 Å². The molecule has 1 aliphatic rings. The summed E-state index contributed by atoms with van der Waals surface area (Å²) in [4.78, 5) is 14.4. The third kappa shape index (κ3) is 2.35. The minimum absolute atomic E-state index is 0.154. The number of para-hydroxylation sites is 2. The van der Waals surface area contributed by atoms with E-state index in [1.807, 2.05) is 43.0 Å². The molecule has 2 rings (SSSR count). The molecule has 3 heteroatoms. The zero-order chi connectivity index (χ0) is 13.3. The second-order valence-electron chi connectivity index (χ2n) is 5.91. The lowest BCUT2D eigenvalue weighted by atomic mass is 9.97. The van der Waals surface area contributed by atoms with Crippen LogP contribution >= 0.6 is 0 Å². The van der Waals surface area contributed by atoms with E-state index in [4.69, 9.17) is 0 Å². The predicted molar refractivity (Wildman–Crippen MR) is 76.0 cm³/mol. The van der Waals surface area contributed by atoms with Crippen molar-refractivity contribution in [1.82, 2.24) is 0 Å². The molecular weight excluding hydrogens is 224 g/mol. The van der Waals surface area contributed by atoms with Crippen molar-refractivity contribution in [1.29, 1.82) is 0 Å². The van der Waals surface area contributed by atoms with Crippen LogP contribution in [0.4, 0.5) is 11.4 Å². The van der Waals surface area contributed by atoms with Gasteiger partial charge in [-0.1, -0.05) is 26.0 Å². The van der Waals surface area contributed by atoms with Crippen LogP contribution in [-0.2, 0) is 4.79 Å². The standard InChI is InChI=1S/C15H22N2O/c1-11(2)9-10-17-13-8-6-5-7-12(13)16-15(3,4)14(17)18/h5-8,11,16H,9-10H2,1-4H3. The molecule has 1 N–H and O–H groups in total. The normalized spacial score (nSPS) is 17.6. The van der Waals surface area contributed by atoms with Crippen molar-refractivity contribution in [3.8, 4) is 0 Å². The molecule has 0 spiro atoms. The first-order valence-electron chi connectivity index (χ1n) is 6.61. The second-order valence-corrected chi connectivity index (χ2v) is 5.91. The SMILES string of the molecule is CC(C)CCN1C(=O)C(C)(C)Nc2ccccc21. The van der Waals surface area contributed by atoms with E-state index in [2.05, 4.69) is 19.2 Å². The molecule has 1 aromatic rings. The number of amides is 1. The van der Waals surface area contributed by atoms with Crippen molar-refractivity contribution in [2.45, 2.75) is 39.7 Å². The minimum Gasteiger partial charge on any atom is -0.370 e. The van der Waals surface area contributed by atoms with Crippen LogP contribution in [0.2, 0.25) is 0 Å². The van der Waals surface area contributed by atoms with E-state index in [1.54, 1.807) is 0 Å². The smallest absolute Gasteiger partial charge is 0.252 e. The monoisotopic (exact) mass is 246 g/mol. The number of hydrogen-bond acceptors (Lipinski definition) is 2. The highest BCUT2D eigenvalue weighted by Gasteiger charge is 2.38. The number of carbonyl (C=O) groups is 1. The number of fused-ring (bicyclic) bond motifs is 1. The molecule has 0 atom stereocenters. The van der Waals surface area contributed by atoms with Gasteiger partial charge < -0.3 is 10.2 Å². The summed E-state index contributed by atoms with van der Waals surface area (Å²) >= 11 is 0. The lowest BCUT2D eigenvalue weighted by Gasteiger charge is -2.40. The van der Waals surface area contributed by atoms with Gasteiger partial charge in [-0.05, 0) is 38.3 Å². The third-order valence-electron chi connectivity index (χ3n) is 3.35. The summed E-state index contributed by atoms with van der Waals surface area (Å²) in [6.07, 6.45) is 1.02. The molecule has 1 heterocycles. The van der Waals surface area contributed by atoms with Gasteiger partial charge in [-0.15, -0.1) is 0 Å². The molecule has 0 saturated carbocycles. The van der Waals surface area contributed by atoms with Gasteiger partial charge in [0.05, 0.1) is 11.4 Å². The Kier molecular flexibility index (Phi) is 3.33. The molecule has 0 bridgehead atoms. The number of anilines is 2. The van der Waals surface area contributed by atoms with Crippen LogP contribution in [0.15, 0.2) is 24.3 Å². The third-order valence-corrected chi connectivity index (χ3v) is 3.35. The van der Waals surface area contributed by atoms with Gasteiger partial charge in [0.2, 0.25) is 0 Å². The average Bonchev–Trinajstić information content (AvgIpc) is 2.29. The molecule has 3 nitrogen and oxygen atoms in total. The number of hydrogen-bond donors (Lipinski definition) is 1. The highest BCUT2D eigenvalue weighted by Crippen LogP contribution is 2.35. The quantitative estimate of drug-likeness (QED) is 0.887. The summed E-state index contributed by atoms with van der Waals surface area (Å²) in [5, 5.41) is 3.31. The molecule has 0 unspecified atom stereocenters. The van der Waals surface area contributed by atoms with E-state index in [9.17, 15) is 4.79 Å². The number of benzene rings is 1. The summed E-state index contributed by atoms with van der Waals surface area (Å²) in [5.74, 6) is 0.754. The number of carbonyl (C=O) groups excluding carboxylic acids is 1. The van der Waals surface area contributed by atoms with Crippen LogP contribution in [0.25, 0.3) is 0 Å². The number of nitrogens with zero attached hydrogens (tertiary/aromatic N) is 1. The van der Waals surface area contributed by atoms with Gasteiger partial charge in [0.15, 0.2) is 0 Å². The van der Waals surface area contributed by atoms with E-state index < -0.39 is 5.54 Å². The Morgan fingerprint density at radius 3 is 2.61 bits per heavy atom. The second kappa shape index (κ2) is 4.63. The van der Waals surface area contributed by atoms with Gasteiger partial charge >= 0.3 is 0 Å². The van der Waals surface area contributed by atoms with Gasteiger partial charge in [-0.2, -0.15) is 0 Å². The average molecular weight is 246 g/mol. The van der Waals surface area contributed by atoms with E-state index in [0.29, 0.717) is 5.92 Å². The molecular formula is C15H22N2O. The van der Waals surface area contributed by atoms with Crippen molar-refractivity contribution in [3.63, 3.8) is 0 Å². The van der Waals surface area contributed by atoms with Crippen molar-refractivity contribution in [2.75, 3.05) is 16.8 Å². The van der Waals surface area contributed by atoms with Crippen LogP contribution in [0.1, 0.15) is 34.1 Å². The van der Waals surface area contributed by atoms with Crippen molar-refractivity contribution in [3.05, 3.63) is 24.3 Å². The first-order valence-corrected chi connectivity index (χ1v) is 6.61. The van der Waals surface area contributed by atoms with Crippen LogP contribution in [0, 0.1) is 5.92 Å². The number of rotatable bonds is 3. The molecule has 18 heavy (non-hydrogen) atoms. The highest BCUT2D eigenvalue weighted by molar-refractivity contribution is 6.07. The Bertz CT molecular complexity index is 452. The van der Waals surface area contributed by atoms with E-state index in [0.717, 1.165) is 24.3 Å². The lowest BCUT2D eigenvalue weighted by Crippen LogP contribution is -2.54. The molecule has 0 radical (unpaired) electrons. The lowest BCUT2D eigenvalue weighted by molar-refractivity contribution is -0.122. The summed E-state index contributed by atoms with van der Waals surface area (Å²) < 4.78 is 0. The molecule has 0 saturated heterocycles. The van der Waals surface area contributed by atoms with Gasteiger partial charge in [-0.3, -0.25) is 4.79 Å². The van der Waals surface area contributed by atoms with Crippen LogP contribution in [0.3, 0.4) is 0 Å². The van der Waals surface area contributed by atoms with Gasteiger partial charge in [-0.25, -0.2) is 0 Å². The molecule has 0 aromatic heterocycles. The maximum absolute atomic E-state index is 12.5. The van der Waals surface area contributed by atoms with Gasteiger partial charge in [0.1, 0.15) is 5.54 Å². The topological polar surface area (TPSA) is 32.3 Å². The fourth-order valence-electron chi connectivity index (χ4n) is 2.26. The molecule has 0 fully saturated rings. The molecule has 0 aliphatic carbocycles. The highest BCUT2D eigenvalue weighted by atomic mass is 16.2. The molecule has 1 aromatic carbocycles. The fraction of sp³-hybridized carbons (Fsp3) is 0.533. The Balaban J connectivity index is 2.33. The Hall–Kier alpha value is -1.51. The van der Waals surface area contributed by atoms with E-state index in [-0.39, 0.29) is 5.91 Å². The molecule has 98 valence electrons. The Morgan fingerprint density at radius 1 is 1.28 bits per heavy atom. The Labute approximate surface area is 109 Å². The van der Waals surface area contributed by atoms with Gasteiger partial charge in [0, 0.05) is 6.54 Å². The predicted octanol–water partition coefficient (Wildman–Crippen LogP) is 3.27. The van der Waals surface area contributed by atoms with Crippen LogP contribution < -0.4 is 10.2 Å². The summed E-state index contributed by atoms with van der Waals surface area (Å²) in [6.45, 7) is 9.04. The zero-order valence-corrected chi connectivity index (χ0v) is 11.7. The maximum atomic E-state index is 12.5. The van der Waals surface area contributed by atoms with E-state index >= 15 is 0 Å². The van der Waals surface area contributed by atoms with E-state index in [1.165, 1.54) is 0 Å². The van der Waals surface area contributed by atoms with Gasteiger partial charge in [0.25, 0.3) is 5.91 Å². The minimum atomic E-state index is -0.522. The largest absolute Gasteiger partial charge is 0.370 e. The first-order chi connectivity index (χ1) is 8.42. The summed E-state index contributed by atoms with van der Waals surface area (Å²) in [5.41, 5.74) is 1.53. The van der Waals surface area contributed by atoms with Crippen LogP contribution in [0.5, 0.6) is 0 Å². The summed E-state index contributed by atoms with van der Waals surface area (Å²) in [6, 6.07) is 8.02. The maximum Gasteiger partial charge on any atom is 0.252 e.